The lowest BCUT2D eigenvalue weighted by Crippen LogP contribution is -2.24. The Kier molecular flexibility index (Phi) is 4.93. The summed E-state index contributed by atoms with van der Waals surface area (Å²) in [5, 5.41) is 27.2. The van der Waals surface area contributed by atoms with Gasteiger partial charge in [-0.3, -0.25) is 4.79 Å². The highest BCUT2D eigenvalue weighted by molar-refractivity contribution is 5.71. The van der Waals surface area contributed by atoms with Gasteiger partial charge in [0.2, 0.25) is 0 Å². The molecule has 0 saturated heterocycles. The van der Waals surface area contributed by atoms with Crippen molar-refractivity contribution < 1.29 is 33.1 Å². The Morgan fingerprint density at radius 1 is 1.10 bits per heavy atom. The molecule has 0 aliphatic heterocycles. The van der Waals surface area contributed by atoms with E-state index in [1.807, 2.05) is 0 Å². The maximum Gasteiger partial charge on any atom is 0.332 e. The standard InChI is InChI=1S/C16H28O5/c17-14(16(20)21)11-13-9-6-8-12(13)7-4-2-1-3-5-10-15(18)19/h12-14,17H,1-11H2,(H,18,19)(H,20,21)/t12-,13+,14?/m0/s1/i3D2,5D2,10D2. The molecule has 0 bridgehead atoms. The number of carboxylic acids is 2. The predicted molar refractivity (Wildman–Crippen MR) is 79.0 cm³/mol. The van der Waals surface area contributed by atoms with Gasteiger partial charge in [0.15, 0.2) is 6.10 Å². The number of rotatable bonds is 11. The minimum Gasteiger partial charge on any atom is -0.481 e. The fourth-order valence-corrected chi connectivity index (χ4v) is 2.97. The third-order valence-corrected chi connectivity index (χ3v) is 4.01. The number of carboxylic acid groups (broad SMARTS) is 2. The summed E-state index contributed by atoms with van der Waals surface area (Å²) in [6.45, 7) is 0. The average Bonchev–Trinajstić information content (AvgIpc) is 2.97. The number of unbranched alkanes of at least 4 members (excludes halogenated alkanes) is 1. The quantitative estimate of drug-likeness (QED) is 0.510. The molecule has 1 fully saturated rings. The van der Waals surface area contributed by atoms with Crippen LogP contribution in [0.5, 0.6) is 0 Å². The normalized spacial score (nSPS) is 29.4. The van der Waals surface area contributed by atoms with Crippen molar-refractivity contribution in [1.82, 2.24) is 0 Å². The van der Waals surface area contributed by atoms with E-state index >= 15 is 0 Å². The number of aliphatic hydroxyl groups is 1. The second kappa shape index (κ2) is 9.77. The van der Waals surface area contributed by atoms with Crippen LogP contribution in [0.15, 0.2) is 0 Å². The molecule has 0 spiro atoms. The summed E-state index contributed by atoms with van der Waals surface area (Å²) in [6, 6.07) is 0. The van der Waals surface area contributed by atoms with Crippen LogP contribution in [0.3, 0.4) is 0 Å². The van der Waals surface area contributed by atoms with E-state index in [0.717, 1.165) is 19.3 Å². The van der Waals surface area contributed by atoms with Crippen molar-refractivity contribution in [2.75, 3.05) is 0 Å². The Morgan fingerprint density at radius 2 is 1.81 bits per heavy atom. The molecule has 1 aliphatic rings. The number of carbonyl (C=O) groups is 2. The van der Waals surface area contributed by atoms with E-state index in [9.17, 15) is 14.7 Å². The Labute approximate surface area is 134 Å². The summed E-state index contributed by atoms with van der Waals surface area (Å²) in [6.07, 6.45) is -6.57. The summed E-state index contributed by atoms with van der Waals surface area (Å²) < 4.78 is 45.7. The van der Waals surface area contributed by atoms with E-state index in [1.165, 1.54) is 0 Å². The summed E-state index contributed by atoms with van der Waals surface area (Å²) >= 11 is 0. The molecule has 5 nitrogen and oxygen atoms in total. The fraction of sp³-hybridized carbons (Fsp3) is 0.875. The summed E-state index contributed by atoms with van der Waals surface area (Å²) in [4.78, 5) is 21.7. The third kappa shape index (κ3) is 7.46. The molecule has 1 aliphatic carbocycles. The van der Waals surface area contributed by atoms with Crippen molar-refractivity contribution in [3.63, 3.8) is 0 Å². The number of hydrogen-bond donors (Lipinski definition) is 3. The second-order valence-electron chi connectivity index (χ2n) is 5.52. The lowest BCUT2D eigenvalue weighted by Gasteiger charge is -2.20. The third-order valence-electron chi connectivity index (χ3n) is 4.01. The van der Waals surface area contributed by atoms with Crippen LogP contribution in [0.25, 0.3) is 0 Å². The monoisotopic (exact) mass is 306 g/mol. The molecule has 5 heteroatoms. The van der Waals surface area contributed by atoms with Gasteiger partial charge in [0.1, 0.15) is 0 Å². The van der Waals surface area contributed by atoms with E-state index in [1.54, 1.807) is 0 Å². The molecular weight excluding hydrogens is 272 g/mol. The minimum absolute atomic E-state index is 0.0837. The number of aliphatic hydroxyl groups excluding tert-OH is 1. The first kappa shape index (κ1) is 10.6. The van der Waals surface area contributed by atoms with Crippen LogP contribution in [0.2, 0.25) is 0 Å². The van der Waals surface area contributed by atoms with E-state index < -0.39 is 37.2 Å². The van der Waals surface area contributed by atoms with E-state index in [0.29, 0.717) is 12.8 Å². The summed E-state index contributed by atoms with van der Waals surface area (Å²) in [7, 11) is 0. The van der Waals surface area contributed by atoms with E-state index in [2.05, 4.69) is 0 Å². The molecule has 0 aromatic carbocycles. The van der Waals surface area contributed by atoms with Gasteiger partial charge in [-0.05, 0) is 24.6 Å². The molecule has 0 aromatic rings. The first-order chi connectivity index (χ1) is 12.2. The zero-order valence-corrected chi connectivity index (χ0v) is 12.0. The van der Waals surface area contributed by atoms with Crippen molar-refractivity contribution in [1.29, 1.82) is 0 Å². The molecule has 122 valence electrons. The van der Waals surface area contributed by atoms with Gasteiger partial charge in [0.05, 0.1) is 0 Å². The molecule has 1 saturated carbocycles. The van der Waals surface area contributed by atoms with Gasteiger partial charge in [-0.1, -0.05) is 51.3 Å². The molecule has 3 N–H and O–H groups in total. The average molecular weight is 306 g/mol. The molecule has 0 amide bonds. The lowest BCUT2D eigenvalue weighted by atomic mass is 9.86. The number of aliphatic carboxylic acids is 2. The molecule has 3 atom stereocenters. The molecule has 1 rings (SSSR count). The maximum absolute atomic E-state index is 10.9. The second-order valence-corrected chi connectivity index (χ2v) is 5.52. The highest BCUT2D eigenvalue weighted by atomic mass is 16.4. The first-order valence-electron chi connectivity index (χ1n) is 10.4. The van der Waals surface area contributed by atoms with Crippen LogP contribution < -0.4 is 0 Å². The molecule has 0 radical (unpaired) electrons. The van der Waals surface area contributed by atoms with Crippen molar-refractivity contribution in [3.8, 4) is 0 Å². The van der Waals surface area contributed by atoms with Gasteiger partial charge >= 0.3 is 11.9 Å². The zero-order chi connectivity index (χ0) is 21.0. The predicted octanol–water partition coefficient (Wildman–Crippen LogP) is 3.05. The summed E-state index contributed by atoms with van der Waals surface area (Å²) in [5.74, 6) is -2.99. The zero-order valence-electron chi connectivity index (χ0n) is 18.0. The maximum atomic E-state index is 10.9. The van der Waals surface area contributed by atoms with E-state index in [-0.39, 0.29) is 31.1 Å². The van der Waals surface area contributed by atoms with Crippen molar-refractivity contribution in [3.05, 3.63) is 0 Å². The highest BCUT2D eigenvalue weighted by Crippen LogP contribution is 2.38. The molecule has 1 unspecified atom stereocenters. The highest BCUT2D eigenvalue weighted by Gasteiger charge is 2.30. The van der Waals surface area contributed by atoms with Crippen LogP contribution in [0, 0.1) is 11.8 Å². The number of hydrogen-bond acceptors (Lipinski definition) is 3. The molecule has 21 heavy (non-hydrogen) atoms. The Hall–Kier alpha value is -1.10. The summed E-state index contributed by atoms with van der Waals surface area (Å²) in [5.41, 5.74) is 0. The molecular formula is C16H28O5. The topological polar surface area (TPSA) is 94.8 Å². The Bertz CT molecular complexity index is 539. The smallest absolute Gasteiger partial charge is 0.332 e. The molecule has 0 aromatic heterocycles. The van der Waals surface area contributed by atoms with Crippen LogP contribution in [-0.4, -0.2) is 33.4 Å². The van der Waals surface area contributed by atoms with Gasteiger partial charge in [-0.25, -0.2) is 4.79 Å². The SMILES string of the molecule is [2H]C([2H])(CCCC[C@H]1CCC[C@@H]1CC(O)C(=O)O)C([2H])([2H])C([2H])([2H])C(=O)O. The van der Waals surface area contributed by atoms with Crippen LogP contribution in [0.1, 0.15) is 78.7 Å². The van der Waals surface area contributed by atoms with Crippen molar-refractivity contribution in [2.45, 2.75) is 76.6 Å². The lowest BCUT2D eigenvalue weighted by molar-refractivity contribution is -0.147. The van der Waals surface area contributed by atoms with Gasteiger partial charge in [-0.15, -0.1) is 0 Å². The largest absolute Gasteiger partial charge is 0.481 e. The van der Waals surface area contributed by atoms with Gasteiger partial charge < -0.3 is 15.3 Å². The van der Waals surface area contributed by atoms with Crippen LogP contribution in [0.4, 0.5) is 0 Å². The van der Waals surface area contributed by atoms with E-state index in [4.69, 9.17) is 18.4 Å². The van der Waals surface area contributed by atoms with Gasteiger partial charge in [-0.2, -0.15) is 0 Å². The fourth-order valence-electron chi connectivity index (χ4n) is 2.97. The minimum atomic E-state index is -3.35. The first-order valence-corrected chi connectivity index (χ1v) is 7.38. The van der Waals surface area contributed by atoms with Crippen LogP contribution >= 0.6 is 0 Å². The van der Waals surface area contributed by atoms with Gasteiger partial charge in [0, 0.05) is 14.6 Å². The van der Waals surface area contributed by atoms with Crippen molar-refractivity contribution >= 4 is 11.9 Å². The van der Waals surface area contributed by atoms with Crippen molar-refractivity contribution in [2.24, 2.45) is 11.8 Å². The van der Waals surface area contributed by atoms with Crippen LogP contribution in [-0.2, 0) is 9.59 Å². The molecule has 0 heterocycles. The Balaban J connectivity index is 2.54. The Morgan fingerprint density at radius 3 is 2.48 bits per heavy atom. The van der Waals surface area contributed by atoms with Gasteiger partial charge in [0.25, 0.3) is 0 Å².